The van der Waals surface area contributed by atoms with Gasteiger partial charge in [-0.25, -0.2) is 0 Å². The molecule has 3 rings (SSSR count). The molecule has 1 aromatic carbocycles. The lowest BCUT2D eigenvalue weighted by Gasteiger charge is -2.34. The molecular weight excluding hydrogens is 392 g/mol. The zero-order valence-corrected chi connectivity index (χ0v) is 18.6. The van der Waals surface area contributed by atoms with Crippen LogP contribution in [0.5, 0.6) is 11.5 Å². The van der Waals surface area contributed by atoms with E-state index in [9.17, 15) is 5.11 Å². The number of aliphatic hydroxyl groups is 1. The van der Waals surface area contributed by atoms with Crippen LogP contribution in [0.1, 0.15) is 18.9 Å². The van der Waals surface area contributed by atoms with Crippen LogP contribution < -0.4 is 14.8 Å². The summed E-state index contributed by atoms with van der Waals surface area (Å²) in [6.45, 7) is 10.8. The Balaban J connectivity index is 1.28. The number of hydrogen-bond donors (Lipinski definition) is 2. The van der Waals surface area contributed by atoms with Gasteiger partial charge in [0.05, 0.1) is 12.8 Å². The molecule has 0 aliphatic carbocycles. The SMILES string of the molecule is CCN1CCN(C[C@H](O)COc2cccc(CNCCCOc3cccnc3)c2)CC1. The monoisotopic (exact) mass is 428 g/mol. The number of rotatable bonds is 13. The number of aliphatic hydroxyl groups excluding tert-OH is 1. The van der Waals surface area contributed by atoms with Crippen molar-refractivity contribution in [1.29, 1.82) is 0 Å². The minimum Gasteiger partial charge on any atom is -0.492 e. The van der Waals surface area contributed by atoms with Gasteiger partial charge in [0.25, 0.3) is 0 Å². The highest BCUT2D eigenvalue weighted by atomic mass is 16.5. The summed E-state index contributed by atoms with van der Waals surface area (Å²) in [6.07, 6.45) is 3.91. The van der Waals surface area contributed by atoms with E-state index in [1.165, 1.54) is 0 Å². The molecule has 1 aliphatic rings. The molecule has 1 atom stereocenters. The first-order valence-corrected chi connectivity index (χ1v) is 11.3. The number of β-amino-alcohol motifs (C(OH)–C–C–N with tert-alkyl or cyclic N) is 1. The van der Waals surface area contributed by atoms with Crippen molar-refractivity contribution in [3.8, 4) is 11.5 Å². The Morgan fingerprint density at radius 1 is 1.06 bits per heavy atom. The molecule has 1 fully saturated rings. The molecule has 31 heavy (non-hydrogen) atoms. The highest BCUT2D eigenvalue weighted by Gasteiger charge is 2.18. The van der Waals surface area contributed by atoms with Crippen LogP contribution in [0, 0.1) is 0 Å². The molecule has 0 amide bonds. The van der Waals surface area contributed by atoms with E-state index in [0.717, 1.165) is 69.3 Å². The molecule has 1 saturated heterocycles. The van der Waals surface area contributed by atoms with Gasteiger partial charge >= 0.3 is 0 Å². The molecule has 1 aromatic heterocycles. The molecule has 2 heterocycles. The third-order valence-electron chi connectivity index (χ3n) is 5.45. The second kappa shape index (κ2) is 13.3. The van der Waals surface area contributed by atoms with Crippen molar-refractivity contribution >= 4 is 0 Å². The molecule has 7 heteroatoms. The second-order valence-corrected chi connectivity index (χ2v) is 7.91. The van der Waals surface area contributed by atoms with E-state index < -0.39 is 6.10 Å². The average molecular weight is 429 g/mol. The summed E-state index contributed by atoms with van der Waals surface area (Å²) in [5.41, 5.74) is 1.16. The second-order valence-electron chi connectivity index (χ2n) is 7.91. The lowest BCUT2D eigenvalue weighted by molar-refractivity contribution is 0.0471. The van der Waals surface area contributed by atoms with Gasteiger partial charge in [0, 0.05) is 45.5 Å². The minimum absolute atomic E-state index is 0.316. The fraction of sp³-hybridized carbons (Fsp3) is 0.542. The summed E-state index contributed by atoms with van der Waals surface area (Å²) in [6, 6.07) is 11.8. The maximum absolute atomic E-state index is 10.4. The standard InChI is InChI=1S/C24H36N4O3/c1-2-27-11-13-28(14-12-27)19-22(29)20-31-23-7-3-6-21(16-23)17-25-10-5-15-30-24-8-4-9-26-18-24/h3-4,6-9,16,18,22,25,29H,2,5,10-15,17,19-20H2,1H3/t22-/m0/s1. The van der Waals surface area contributed by atoms with Crippen LogP contribution in [-0.2, 0) is 6.54 Å². The predicted octanol–water partition coefficient (Wildman–Crippen LogP) is 2.02. The number of aromatic nitrogens is 1. The smallest absolute Gasteiger partial charge is 0.137 e. The van der Waals surface area contributed by atoms with Gasteiger partial charge in [0.15, 0.2) is 0 Å². The average Bonchev–Trinajstić information content (AvgIpc) is 2.81. The number of pyridine rings is 1. The van der Waals surface area contributed by atoms with Crippen molar-refractivity contribution in [3.63, 3.8) is 0 Å². The van der Waals surface area contributed by atoms with E-state index in [4.69, 9.17) is 9.47 Å². The van der Waals surface area contributed by atoms with Gasteiger partial charge < -0.3 is 24.8 Å². The molecule has 0 bridgehead atoms. The van der Waals surface area contributed by atoms with Gasteiger partial charge in [-0.3, -0.25) is 9.88 Å². The van der Waals surface area contributed by atoms with E-state index in [1.807, 2.05) is 30.3 Å². The number of likely N-dealkylation sites (N-methyl/N-ethyl adjacent to an activating group) is 1. The molecule has 170 valence electrons. The van der Waals surface area contributed by atoms with Crippen molar-refractivity contribution < 1.29 is 14.6 Å². The molecule has 0 radical (unpaired) electrons. The number of hydrogen-bond acceptors (Lipinski definition) is 7. The molecule has 2 aromatic rings. The third-order valence-corrected chi connectivity index (χ3v) is 5.45. The normalized spacial score (nSPS) is 16.2. The number of ether oxygens (including phenoxy) is 2. The topological polar surface area (TPSA) is 70.1 Å². The first-order valence-electron chi connectivity index (χ1n) is 11.3. The first-order chi connectivity index (χ1) is 15.2. The Bertz CT molecular complexity index is 739. The van der Waals surface area contributed by atoms with Crippen molar-refractivity contribution in [3.05, 3.63) is 54.4 Å². The quantitative estimate of drug-likeness (QED) is 0.473. The summed E-state index contributed by atoms with van der Waals surface area (Å²) in [5.74, 6) is 1.60. The maximum Gasteiger partial charge on any atom is 0.137 e. The highest BCUT2D eigenvalue weighted by molar-refractivity contribution is 5.28. The summed E-state index contributed by atoms with van der Waals surface area (Å²) < 4.78 is 11.5. The van der Waals surface area contributed by atoms with E-state index in [0.29, 0.717) is 19.8 Å². The number of nitrogens with one attached hydrogen (secondary N) is 1. The lowest BCUT2D eigenvalue weighted by atomic mass is 10.2. The number of nitrogens with zero attached hydrogens (tertiary/aromatic N) is 3. The van der Waals surface area contributed by atoms with Crippen molar-refractivity contribution in [2.24, 2.45) is 0 Å². The van der Waals surface area contributed by atoms with Crippen LogP contribution in [0.4, 0.5) is 0 Å². The zero-order valence-electron chi connectivity index (χ0n) is 18.6. The van der Waals surface area contributed by atoms with Gasteiger partial charge in [-0.2, -0.15) is 0 Å². The molecule has 0 unspecified atom stereocenters. The van der Waals surface area contributed by atoms with Crippen LogP contribution in [-0.4, -0.2) is 85.0 Å². The van der Waals surface area contributed by atoms with Crippen molar-refractivity contribution in [2.45, 2.75) is 26.0 Å². The Morgan fingerprint density at radius 2 is 1.87 bits per heavy atom. The Labute approximate surface area is 186 Å². The summed E-state index contributed by atoms with van der Waals surface area (Å²) in [5, 5.41) is 13.8. The van der Waals surface area contributed by atoms with Crippen LogP contribution >= 0.6 is 0 Å². The Hall–Kier alpha value is -2.19. The van der Waals surface area contributed by atoms with E-state index in [1.54, 1.807) is 12.4 Å². The van der Waals surface area contributed by atoms with Crippen LogP contribution in [0.15, 0.2) is 48.8 Å². The van der Waals surface area contributed by atoms with Crippen LogP contribution in [0.3, 0.4) is 0 Å². The minimum atomic E-state index is -0.477. The van der Waals surface area contributed by atoms with Crippen molar-refractivity contribution in [2.75, 3.05) is 59.0 Å². The number of benzene rings is 1. The lowest BCUT2D eigenvalue weighted by Crippen LogP contribution is -2.49. The molecule has 0 saturated carbocycles. The van der Waals surface area contributed by atoms with Gasteiger partial charge in [0.2, 0.25) is 0 Å². The van der Waals surface area contributed by atoms with Crippen molar-refractivity contribution in [1.82, 2.24) is 20.1 Å². The van der Waals surface area contributed by atoms with E-state index in [-0.39, 0.29) is 0 Å². The molecule has 7 nitrogen and oxygen atoms in total. The number of piperazine rings is 1. The largest absolute Gasteiger partial charge is 0.492 e. The first kappa shape index (κ1) is 23.5. The van der Waals surface area contributed by atoms with Gasteiger partial charge in [-0.15, -0.1) is 0 Å². The summed E-state index contributed by atoms with van der Waals surface area (Å²) >= 11 is 0. The zero-order chi connectivity index (χ0) is 21.7. The predicted molar refractivity (Wildman–Crippen MR) is 123 cm³/mol. The summed E-state index contributed by atoms with van der Waals surface area (Å²) in [7, 11) is 0. The van der Waals surface area contributed by atoms with Gasteiger partial charge in [0.1, 0.15) is 24.2 Å². The van der Waals surface area contributed by atoms with E-state index in [2.05, 4.69) is 33.1 Å². The Morgan fingerprint density at radius 3 is 2.65 bits per heavy atom. The maximum atomic E-state index is 10.4. The van der Waals surface area contributed by atoms with Crippen LogP contribution in [0.2, 0.25) is 0 Å². The molecular formula is C24H36N4O3. The fourth-order valence-electron chi connectivity index (χ4n) is 3.63. The molecule has 0 spiro atoms. The Kier molecular flexibility index (Phi) is 10.0. The molecule has 2 N–H and O–H groups in total. The summed E-state index contributed by atoms with van der Waals surface area (Å²) in [4.78, 5) is 8.79. The highest BCUT2D eigenvalue weighted by Crippen LogP contribution is 2.14. The van der Waals surface area contributed by atoms with Gasteiger partial charge in [-0.1, -0.05) is 19.1 Å². The third kappa shape index (κ3) is 8.83. The van der Waals surface area contributed by atoms with Crippen LogP contribution in [0.25, 0.3) is 0 Å². The molecule has 1 aliphatic heterocycles. The van der Waals surface area contributed by atoms with Gasteiger partial charge in [-0.05, 0) is 49.3 Å². The fourth-order valence-corrected chi connectivity index (χ4v) is 3.63. The van der Waals surface area contributed by atoms with E-state index >= 15 is 0 Å².